The Morgan fingerprint density at radius 3 is 2.19 bits per heavy atom. The van der Waals surface area contributed by atoms with E-state index >= 15 is 0 Å². The Bertz CT molecular complexity index is 326. The van der Waals surface area contributed by atoms with Gasteiger partial charge in [-0.05, 0) is 13.8 Å². The molecule has 0 bridgehead atoms. The average molecular weight is 306 g/mol. The van der Waals surface area contributed by atoms with E-state index < -0.39 is 18.7 Å². The number of ether oxygens (including phenoxy) is 5. The summed E-state index contributed by atoms with van der Waals surface area (Å²) in [7, 11) is 3.14. The third kappa shape index (κ3) is 3.92. The molecule has 2 rings (SSSR count). The van der Waals surface area contributed by atoms with Gasteiger partial charge in [-0.1, -0.05) is 0 Å². The molecule has 0 saturated carbocycles. The van der Waals surface area contributed by atoms with Crippen LogP contribution in [0.5, 0.6) is 0 Å². The predicted octanol–water partition coefficient (Wildman–Crippen LogP) is 0.0246. The predicted molar refractivity (Wildman–Crippen MR) is 72.6 cm³/mol. The van der Waals surface area contributed by atoms with Crippen LogP contribution in [0.2, 0.25) is 0 Å². The molecule has 2 heterocycles. The monoisotopic (exact) mass is 306 g/mol. The third-order valence-electron chi connectivity index (χ3n) is 4.20. The fourth-order valence-electron chi connectivity index (χ4n) is 2.95. The van der Waals surface area contributed by atoms with Crippen molar-refractivity contribution in [3.05, 3.63) is 0 Å². The molecule has 7 heteroatoms. The summed E-state index contributed by atoms with van der Waals surface area (Å²) in [5.74, 6) is 0. The lowest BCUT2D eigenvalue weighted by molar-refractivity contribution is -0.310. The van der Waals surface area contributed by atoms with Crippen molar-refractivity contribution >= 4 is 0 Å². The molecule has 0 spiro atoms. The van der Waals surface area contributed by atoms with E-state index in [-0.39, 0.29) is 30.5 Å². The minimum Gasteiger partial charge on any atom is -0.388 e. The van der Waals surface area contributed by atoms with E-state index in [1.165, 1.54) is 0 Å². The molecule has 2 N–H and O–H groups in total. The van der Waals surface area contributed by atoms with E-state index in [1.54, 1.807) is 21.1 Å². The smallest absolute Gasteiger partial charge is 0.161 e. The molecule has 2 aliphatic rings. The van der Waals surface area contributed by atoms with Crippen LogP contribution in [0.25, 0.3) is 0 Å². The zero-order valence-corrected chi connectivity index (χ0v) is 13.0. The van der Waals surface area contributed by atoms with Crippen molar-refractivity contribution in [2.24, 2.45) is 0 Å². The Morgan fingerprint density at radius 1 is 0.905 bits per heavy atom. The average Bonchev–Trinajstić information content (AvgIpc) is 2.45. The first-order valence-corrected chi connectivity index (χ1v) is 7.34. The summed E-state index contributed by atoms with van der Waals surface area (Å²) in [6.07, 6.45) is -2.86. The first-order chi connectivity index (χ1) is 9.96. The van der Waals surface area contributed by atoms with Crippen molar-refractivity contribution in [1.82, 2.24) is 0 Å². The van der Waals surface area contributed by atoms with E-state index in [1.807, 2.05) is 6.92 Å². The Morgan fingerprint density at radius 2 is 1.57 bits per heavy atom. The normalized spacial score (nSPS) is 48.3. The van der Waals surface area contributed by atoms with Crippen LogP contribution in [-0.4, -0.2) is 73.6 Å². The van der Waals surface area contributed by atoms with Gasteiger partial charge in [-0.15, -0.1) is 0 Å². The summed E-state index contributed by atoms with van der Waals surface area (Å²) in [5, 5.41) is 19.6. The third-order valence-corrected chi connectivity index (χ3v) is 4.20. The number of aliphatic hydroxyl groups is 2. The number of methoxy groups -OCH3 is 2. The summed E-state index contributed by atoms with van der Waals surface area (Å²) in [5.41, 5.74) is 0. The molecular weight excluding hydrogens is 280 g/mol. The highest BCUT2D eigenvalue weighted by Gasteiger charge is 2.42. The molecule has 124 valence electrons. The molecule has 0 aromatic heterocycles. The van der Waals surface area contributed by atoms with Crippen LogP contribution in [0.3, 0.4) is 0 Å². The maximum atomic E-state index is 9.96. The number of hydrogen-bond donors (Lipinski definition) is 2. The minimum atomic E-state index is -0.843. The molecule has 0 aliphatic carbocycles. The van der Waals surface area contributed by atoms with Gasteiger partial charge in [-0.3, -0.25) is 0 Å². The second kappa shape index (κ2) is 7.32. The lowest BCUT2D eigenvalue weighted by Gasteiger charge is -2.42. The lowest BCUT2D eigenvalue weighted by atomic mass is 10.0. The quantitative estimate of drug-likeness (QED) is 0.757. The minimum absolute atomic E-state index is 0.268. The van der Waals surface area contributed by atoms with E-state index in [0.717, 1.165) is 0 Å². The summed E-state index contributed by atoms with van der Waals surface area (Å²) in [6.45, 7) is 3.61. The Labute approximate surface area is 125 Å². The highest BCUT2D eigenvalue weighted by Crippen LogP contribution is 2.29. The summed E-state index contributed by atoms with van der Waals surface area (Å²) >= 11 is 0. The van der Waals surface area contributed by atoms with E-state index in [2.05, 4.69) is 0 Å². The maximum absolute atomic E-state index is 9.96. The summed E-state index contributed by atoms with van der Waals surface area (Å²) < 4.78 is 27.7. The topological polar surface area (TPSA) is 86.6 Å². The highest BCUT2D eigenvalue weighted by atomic mass is 16.7. The van der Waals surface area contributed by atoms with Crippen molar-refractivity contribution in [3.63, 3.8) is 0 Å². The van der Waals surface area contributed by atoms with Crippen molar-refractivity contribution < 1.29 is 33.9 Å². The van der Waals surface area contributed by atoms with Crippen LogP contribution in [0.4, 0.5) is 0 Å². The maximum Gasteiger partial charge on any atom is 0.161 e. The van der Waals surface area contributed by atoms with Crippen LogP contribution in [0.15, 0.2) is 0 Å². The van der Waals surface area contributed by atoms with Crippen LogP contribution in [0.1, 0.15) is 26.7 Å². The van der Waals surface area contributed by atoms with Crippen molar-refractivity contribution in [2.75, 3.05) is 14.2 Å². The molecule has 0 aromatic carbocycles. The van der Waals surface area contributed by atoms with Crippen molar-refractivity contribution in [2.45, 2.75) is 75.9 Å². The largest absolute Gasteiger partial charge is 0.388 e. The molecule has 2 fully saturated rings. The summed E-state index contributed by atoms with van der Waals surface area (Å²) in [6, 6.07) is 0. The van der Waals surface area contributed by atoms with Gasteiger partial charge < -0.3 is 33.9 Å². The second-order valence-corrected chi connectivity index (χ2v) is 5.68. The molecule has 0 radical (unpaired) electrons. The molecule has 8 atom stereocenters. The van der Waals surface area contributed by atoms with Gasteiger partial charge in [0.15, 0.2) is 12.6 Å². The summed E-state index contributed by atoms with van der Waals surface area (Å²) in [4.78, 5) is 0. The first kappa shape index (κ1) is 17.1. The van der Waals surface area contributed by atoms with Gasteiger partial charge in [-0.25, -0.2) is 0 Å². The number of aliphatic hydroxyl groups excluding tert-OH is 2. The van der Waals surface area contributed by atoms with Gasteiger partial charge in [0.1, 0.15) is 12.2 Å². The van der Waals surface area contributed by atoms with Gasteiger partial charge in [0.05, 0.1) is 24.4 Å². The zero-order valence-electron chi connectivity index (χ0n) is 13.0. The zero-order chi connectivity index (χ0) is 15.6. The molecule has 7 nitrogen and oxygen atoms in total. The van der Waals surface area contributed by atoms with Crippen LogP contribution >= 0.6 is 0 Å². The first-order valence-electron chi connectivity index (χ1n) is 7.34. The second-order valence-electron chi connectivity index (χ2n) is 5.68. The molecule has 21 heavy (non-hydrogen) atoms. The van der Waals surface area contributed by atoms with Crippen molar-refractivity contribution in [1.29, 1.82) is 0 Å². The van der Waals surface area contributed by atoms with E-state index in [0.29, 0.717) is 12.8 Å². The van der Waals surface area contributed by atoms with Gasteiger partial charge in [0.2, 0.25) is 0 Å². The highest BCUT2D eigenvalue weighted by molar-refractivity contribution is 4.86. The van der Waals surface area contributed by atoms with Gasteiger partial charge >= 0.3 is 0 Å². The fourth-order valence-corrected chi connectivity index (χ4v) is 2.95. The molecular formula is C14H26O7. The SMILES string of the molecule is CO[C@H]1CC(O)O[C@H](C)[C@@H]1O[C@H]1C[C@@H](OC)[C@@H](O)[C@@H](C)O1. The van der Waals surface area contributed by atoms with E-state index in [4.69, 9.17) is 23.7 Å². The lowest BCUT2D eigenvalue weighted by Crippen LogP contribution is -2.54. The Kier molecular flexibility index (Phi) is 5.96. The number of rotatable bonds is 4. The van der Waals surface area contributed by atoms with Crippen molar-refractivity contribution in [3.8, 4) is 0 Å². The van der Waals surface area contributed by atoms with Crippen LogP contribution < -0.4 is 0 Å². The molecule has 0 aromatic rings. The molecule has 2 saturated heterocycles. The van der Waals surface area contributed by atoms with Gasteiger partial charge in [-0.2, -0.15) is 0 Å². The standard InChI is InChI=1S/C14H26O7/c1-7-13(16)9(17-3)6-12(20-7)21-14-8(2)19-11(15)5-10(14)18-4/h7-16H,5-6H2,1-4H3/t7-,8-,9-,10+,11?,12+,13+,14+/m1/s1. The van der Waals surface area contributed by atoms with Crippen LogP contribution in [-0.2, 0) is 23.7 Å². The van der Waals surface area contributed by atoms with E-state index in [9.17, 15) is 10.2 Å². The van der Waals surface area contributed by atoms with Gasteiger partial charge in [0, 0.05) is 27.1 Å². The Hall–Kier alpha value is -0.280. The molecule has 0 amide bonds. The molecule has 1 unspecified atom stereocenters. The fraction of sp³-hybridized carbons (Fsp3) is 1.00. The number of hydrogen-bond acceptors (Lipinski definition) is 7. The molecule has 2 aliphatic heterocycles. The van der Waals surface area contributed by atoms with Gasteiger partial charge in [0.25, 0.3) is 0 Å². The Balaban J connectivity index is 1.99. The van der Waals surface area contributed by atoms with Crippen LogP contribution in [0, 0.1) is 0 Å².